The molecule has 8 heteroatoms. The fraction of sp³-hybridized carbons (Fsp3) is 0.531. The first-order chi connectivity index (χ1) is 19.1. The predicted molar refractivity (Wildman–Crippen MR) is 149 cm³/mol. The van der Waals surface area contributed by atoms with Gasteiger partial charge in [-0.15, -0.1) is 0 Å². The largest absolute Gasteiger partial charge is 0.480 e. The molecule has 0 aromatic heterocycles. The third-order valence-corrected chi connectivity index (χ3v) is 10.0. The molecular formula is C32H38N2O6. The molecule has 5 aliphatic carbocycles. The molecule has 40 heavy (non-hydrogen) atoms. The van der Waals surface area contributed by atoms with Crippen molar-refractivity contribution in [1.29, 1.82) is 0 Å². The third-order valence-electron chi connectivity index (χ3n) is 10.0. The maximum Gasteiger partial charge on any atom is 0.407 e. The van der Waals surface area contributed by atoms with Crippen LogP contribution >= 0.6 is 0 Å². The number of rotatable bonds is 8. The summed E-state index contributed by atoms with van der Waals surface area (Å²) < 4.78 is 11.4. The normalized spacial score (nSPS) is 26.9. The Morgan fingerprint density at radius 2 is 1.43 bits per heavy atom. The average molecular weight is 547 g/mol. The van der Waals surface area contributed by atoms with Crippen LogP contribution in [-0.4, -0.2) is 48.1 Å². The van der Waals surface area contributed by atoms with Gasteiger partial charge in [-0.05, 0) is 92.4 Å². The zero-order valence-electron chi connectivity index (χ0n) is 23.2. The van der Waals surface area contributed by atoms with E-state index in [1.54, 1.807) is 0 Å². The SMILES string of the molecule is CC(C)(OC(=O)NCC(NC(=O)OCC1c2ccccc2-c2ccccc21)C(=O)O)C12CC3CC(CC(C3)C1)C2. The fourth-order valence-corrected chi connectivity index (χ4v) is 8.39. The van der Waals surface area contributed by atoms with Gasteiger partial charge in [0.1, 0.15) is 18.2 Å². The molecule has 4 fully saturated rings. The van der Waals surface area contributed by atoms with E-state index in [2.05, 4.69) is 10.6 Å². The Bertz CT molecular complexity index is 1240. The highest BCUT2D eigenvalue weighted by atomic mass is 16.6. The maximum absolute atomic E-state index is 12.8. The van der Waals surface area contributed by atoms with Crippen LogP contribution in [0.15, 0.2) is 48.5 Å². The topological polar surface area (TPSA) is 114 Å². The number of hydrogen-bond donors (Lipinski definition) is 3. The molecule has 2 amide bonds. The van der Waals surface area contributed by atoms with Crippen LogP contribution in [0.2, 0.25) is 0 Å². The second kappa shape index (κ2) is 10.1. The fourth-order valence-electron chi connectivity index (χ4n) is 8.39. The summed E-state index contributed by atoms with van der Waals surface area (Å²) in [6.45, 7) is 3.74. The number of hydrogen-bond acceptors (Lipinski definition) is 5. The Kier molecular flexibility index (Phi) is 6.75. The van der Waals surface area contributed by atoms with Gasteiger partial charge in [0.15, 0.2) is 0 Å². The highest BCUT2D eigenvalue weighted by Crippen LogP contribution is 2.64. The molecule has 0 aliphatic heterocycles. The van der Waals surface area contributed by atoms with E-state index < -0.39 is 29.8 Å². The first kappa shape index (κ1) is 26.7. The van der Waals surface area contributed by atoms with Gasteiger partial charge in [0, 0.05) is 11.3 Å². The number of alkyl carbamates (subject to hydrolysis) is 2. The summed E-state index contributed by atoms with van der Waals surface area (Å²) in [6.07, 6.45) is 5.62. The molecule has 2 aromatic carbocycles. The van der Waals surface area contributed by atoms with Crippen LogP contribution < -0.4 is 10.6 Å². The Hall–Kier alpha value is -3.55. The zero-order valence-corrected chi connectivity index (χ0v) is 23.2. The summed E-state index contributed by atoms with van der Waals surface area (Å²) in [5.74, 6) is 0.746. The van der Waals surface area contributed by atoms with Gasteiger partial charge in [0.05, 0.1) is 6.54 Å². The standard InChI is InChI=1S/C32H38N2O6/c1-31(2,32-14-19-11-20(15-32)13-21(12-19)16-32)40-29(37)33-17-27(28(35)36)34-30(38)39-18-26-24-9-5-3-7-22(24)23-8-4-6-10-25(23)26/h3-10,19-21,26-27H,11-18H2,1-2H3,(H,33,37)(H,34,38)(H,35,36). The van der Waals surface area contributed by atoms with Crippen LogP contribution in [0, 0.1) is 23.2 Å². The molecule has 4 bridgehead atoms. The average Bonchev–Trinajstić information content (AvgIpc) is 3.22. The lowest BCUT2D eigenvalue weighted by Crippen LogP contribution is -2.58. The molecule has 0 radical (unpaired) electrons. The van der Waals surface area contributed by atoms with Crippen LogP contribution in [0.1, 0.15) is 69.4 Å². The van der Waals surface area contributed by atoms with Crippen LogP contribution in [0.5, 0.6) is 0 Å². The molecule has 2 aromatic rings. The minimum Gasteiger partial charge on any atom is -0.480 e. The summed E-state index contributed by atoms with van der Waals surface area (Å²) in [6, 6.07) is 14.6. The minimum absolute atomic E-state index is 0.0230. The van der Waals surface area contributed by atoms with Crippen molar-refractivity contribution in [3.05, 3.63) is 59.7 Å². The van der Waals surface area contributed by atoms with Crippen LogP contribution in [0.4, 0.5) is 9.59 Å². The Morgan fingerprint density at radius 3 is 1.95 bits per heavy atom. The molecule has 0 heterocycles. The first-order valence-corrected chi connectivity index (χ1v) is 14.5. The van der Waals surface area contributed by atoms with Crippen molar-refractivity contribution in [3.63, 3.8) is 0 Å². The van der Waals surface area contributed by atoms with Gasteiger partial charge >= 0.3 is 18.2 Å². The van der Waals surface area contributed by atoms with Crippen molar-refractivity contribution in [2.75, 3.05) is 13.2 Å². The quantitative estimate of drug-likeness (QED) is 0.391. The summed E-state index contributed by atoms with van der Waals surface area (Å²) in [4.78, 5) is 37.3. The summed E-state index contributed by atoms with van der Waals surface area (Å²) in [5, 5.41) is 14.7. The van der Waals surface area contributed by atoms with Crippen LogP contribution in [0.25, 0.3) is 11.1 Å². The number of carbonyl (C=O) groups excluding carboxylic acids is 2. The number of amides is 2. The number of ether oxygens (including phenoxy) is 2. The molecule has 1 atom stereocenters. The maximum atomic E-state index is 12.8. The Balaban J connectivity index is 1.03. The number of benzene rings is 2. The minimum atomic E-state index is -1.36. The lowest BCUT2D eigenvalue weighted by molar-refractivity contribution is -0.162. The van der Waals surface area contributed by atoms with Crippen molar-refractivity contribution >= 4 is 18.2 Å². The van der Waals surface area contributed by atoms with Crippen molar-refractivity contribution in [1.82, 2.24) is 10.6 Å². The molecule has 7 rings (SSSR count). The van der Waals surface area contributed by atoms with E-state index in [4.69, 9.17) is 9.47 Å². The molecule has 0 spiro atoms. The van der Waals surface area contributed by atoms with Crippen LogP contribution in [0.3, 0.4) is 0 Å². The van der Waals surface area contributed by atoms with Crippen molar-refractivity contribution < 1.29 is 29.0 Å². The summed E-state index contributed by atoms with van der Waals surface area (Å²) in [5.41, 5.74) is 3.66. The monoisotopic (exact) mass is 546 g/mol. The molecule has 212 valence electrons. The third kappa shape index (κ3) is 4.82. The van der Waals surface area contributed by atoms with E-state index in [0.717, 1.165) is 59.3 Å². The Morgan fingerprint density at radius 1 is 0.900 bits per heavy atom. The van der Waals surface area contributed by atoms with Gasteiger partial charge in [-0.2, -0.15) is 0 Å². The lowest BCUT2D eigenvalue weighted by Gasteiger charge is -2.61. The van der Waals surface area contributed by atoms with Gasteiger partial charge in [-0.3, -0.25) is 0 Å². The summed E-state index contributed by atoms with van der Waals surface area (Å²) >= 11 is 0. The van der Waals surface area contributed by atoms with E-state index in [9.17, 15) is 19.5 Å². The second-order valence-electron chi connectivity index (χ2n) is 12.8. The smallest absolute Gasteiger partial charge is 0.407 e. The van der Waals surface area contributed by atoms with Crippen molar-refractivity contribution in [2.24, 2.45) is 23.2 Å². The number of fused-ring (bicyclic) bond motifs is 3. The number of nitrogens with one attached hydrogen (secondary N) is 2. The van der Waals surface area contributed by atoms with Gasteiger partial charge in [0.25, 0.3) is 0 Å². The van der Waals surface area contributed by atoms with E-state index in [0.29, 0.717) is 0 Å². The highest BCUT2D eigenvalue weighted by molar-refractivity contribution is 5.81. The molecule has 8 nitrogen and oxygen atoms in total. The number of carbonyl (C=O) groups is 3. The van der Waals surface area contributed by atoms with Crippen molar-refractivity contribution in [2.45, 2.75) is 69.9 Å². The Labute approximate surface area is 234 Å². The van der Waals surface area contributed by atoms with Gasteiger partial charge in [-0.1, -0.05) is 48.5 Å². The van der Waals surface area contributed by atoms with E-state index >= 15 is 0 Å². The zero-order chi connectivity index (χ0) is 28.1. The molecular weight excluding hydrogens is 508 g/mol. The number of carboxylic acid groups (broad SMARTS) is 1. The molecule has 3 N–H and O–H groups in total. The molecule has 5 aliphatic rings. The molecule has 1 unspecified atom stereocenters. The van der Waals surface area contributed by atoms with Crippen LogP contribution in [-0.2, 0) is 14.3 Å². The predicted octanol–water partition coefficient (Wildman–Crippen LogP) is 5.70. The number of aliphatic carboxylic acids is 1. The van der Waals surface area contributed by atoms with Gasteiger partial charge in [0.2, 0.25) is 0 Å². The van der Waals surface area contributed by atoms with Gasteiger partial charge in [-0.25, -0.2) is 14.4 Å². The lowest BCUT2D eigenvalue weighted by atomic mass is 9.46. The summed E-state index contributed by atoms with van der Waals surface area (Å²) in [7, 11) is 0. The van der Waals surface area contributed by atoms with Crippen molar-refractivity contribution in [3.8, 4) is 11.1 Å². The highest BCUT2D eigenvalue weighted by Gasteiger charge is 2.58. The second-order valence-corrected chi connectivity index (χ2v) is 12.8. The molecule has 0 saturated heterocycles. The van der Waals surface area contributed by atoms with Gasteiger partial charge < -0.3 is 25.2 Å². The first-order valence-electron chi connectivity index (χ1n) is 14.5. The van der Waals surface area contributed by atoms with E-state index in [1.807, 2.05) is 62.4 Å². The molecule has 4 saturated carbocycles. The van der Waals surface area contributed by atoms with E-state index in [-0.39, 0.29) is 24.5 Å². The number of carboxylic acids is 1. The van der Waals surface area contributed by atoms with E-state index in [1.165, 1.54) is 19.3 Å².